The second kappa shape index (κ2) is 4.58. The van der Waals surface area contributed by atoms with Crippen molar-refractivity contribution in [2.24, 2.45) is 0 Å². The van der Waals surface area contributed by atoms with Crippen molar-refractivity contribution in [3.8, 4) is 0 Å². The Bertz CT molecular complexity index is 551. The molecule has 1 heterocycles. The van der Waals surface area contributed by atoms with E-state index in [1.54, 1.807) is 12.1 Å². The van der Waals surface area contributed by atoms with Crippen molar-refractivity contribution in [3.05, 3.63) is 24.3 Å². The molecule has 0 spiro atoms. The minimum atomic E-state index is -3.43. The Morgan fingerprint density at radius 1 is 1.22 bits per heavy atom. The van der Waals surface area contributed by atoms with Crippen molar-refractivity contribution >= 4 is 21.8 Å². The van der Waals surface area contributed by atoms with E-state index in [0.29, 0.717) is 18.8 Å². The normalized spacial score (nSPS) is 16.2. The summed E-state index contributed by atoms with van der Waals surface area (Å²) >= 11 is 0. The van der Waals surface area contributed by atoms with Crippen LogP contribution < -0.4 is 4.90 Å². The molecule has 18 heavy (non-hydrogen) atoms. The van der Waals surface area contributed by atoms with Crippen LogP contribution >= 0.6 is 0 Å². The molecule has 7 heteroatoms. The van der Waals surface area contributed by atoms with Gasteiger partial charge in [0.1, 0.15) is 6.61 Å². The number of nitrogens with zero attached hydrogens (tertiary/aromatic N) is 2. The second-order valence-corrected chi connectivity index (χ2v) is 6.20. The number of carbonyl (C=O) groups is 1. The van der Waals surface area contributed by atoms with Crippen molar-refractivity contribution in [2.45, 2.75) is 4.90 Å². The van der Waals surface area contributed by atoms with Gasteiger partial charge in [0.2, 0.25) is 10.0 Å². The van der Waals surface area contributed by atoms with Gasteiger partial charge in [-0.1, -0.05) is 0 Å². The molecule has 1 fully saturated rings. The molecule has 98 valence electrons. The highest BCUT2D eigenvalue weighted by Crippen LogP contribution is 2.21. The number of amides is 1. The van der Waals surface area contributed by atoms with E-state index in [1.165, 1.54) is 31.1 Å². The Morgan fingerprint density at radius 3 is 2.28 bits per heavy atom. The average molecular weight is 270 g/mol. The predicted molar refractivity (Wildman–Crippen MR) is 66.0 cm³/mol. The lowest BCUT2D eigenvalue weighted by Gasteiger charge is -2.15. The van der Waals surface area contributed by atoms with Crippen molar-refractivity contribution < 1.29 is 17.9 Å². The molecule has 6 nitrogen and oxygen atoms in total. The van der Waals surface area contributed by atoms with Crippen molar-refractivity contribution in [1.82, 2.24) is 4.31 Å². The number of hydrogen-bond acceptors (Lipinski definition) is 4. The minimum Gasteiger partial charge on any atom is -0.447 e. The van der Waals surface area contributed by atoms with Gasteiger partial charge in [0.15, 0.2) is 0 Å². The number of carbonyl (C=O) groups excluding carboxylic acids is 1. The van der Waals surface area contributed by atoms with Crippen molar-refractivity contribution in [2.75, 3.05) is 32.1 Å². The fourth-order valence-corrected chi connectivity index (χ4v) is 2.54. The van der Waals surface area contributed by atoms with Crippen LogP contribution in [0.2, 0.25) is 0 Å². The lowest BCUT2D eigenvalue weighted by molar-refractivity contribution is 0.181. The first-order valence-electron chi connectivity index (χ1n) is 5.40. The van der Waals surface area contributed by atoms with E-state index >= 15 is 0 Å². The van der Waals surface area contributed by atoms with Gasteiger partial charge in [-0.2, -0.15) is 0 Å². The van der Waals surface area contributed by atoms with Crippen LogP contribution in [0.5, 0.6) is 0 Å². The molecule has 1 aromatic carbocycles. The third kappa shape index (κ3) is 2.19. The summed E-state index contributed by atoms with van der Waals surface area (Å²) in [4.78, 5) is 13.0. The first-order chi connectivity index (χ1) is 8.43. The molecular formula is C11H14N2O4S. The zero-order valence-corrected chi connectivity index (χ0v) is 11.0. The van der Waals surface area contributed by atoms with Crippen LogP contribution in [-0.4, -0.2) is 46.1 Å². The van der Waals surface area contributed by atoms with Gasteiger partial charge < -0.3 is 4.74 Å². The van der Waals surface area contributed by atoms with E-state index in [4.69, 9.17) is 4.74 Å². The average Bonchev–Trinajstić information content (AvgIpc) is 2.75. The topological polar surface area (TPSA) is 66.9 Å². The second-order valence-electron chi connectivity index (χ2n) is 4.05. The van der Waals surface area contributed by atoms with E-state index in [9.17, 15) is 13.2 Å². The highest BCUT2D eigenvalue weighted by molar-refractivity contribution is 7.89. The maximum atomic E-state index is 11.8. The Morgan fingerprint density at radius 2 is 1.83 bits per heavy atom. The molecule has 0 saturated carbocycles. The Kier molecular flexibility index (Phi) is 3.27. The Labute approximate surface area is 106 Å². The quantitative estimate of drug-likeness (QED) is 0.818. The van der Waals surface area contributed by atoms with Crippen LogP contribution in [0.1, 0.15) is 0 Å². The molecule has 0 N–H and O–H groups in total. The van der Waals surface area contributed by atoms with Crippen LogP contribution in [0.3, 0.4) is 0 Å². The number of ether oxygens (including phenoxy) is 1. The molecule has 0 bridgehead atoms. The van der Waals surface area contributed by atoms with Crippen LogP contribution in [0.25, 0.3) is 0 Å². The van der Waals surface area contributed by atoms with E-state index in [0.717, 1.165) is 4.31 Å². The summed E-state index contributed by atoms with van der Waals surface area (Å²) in [6, 6.07) is 6.17. The fraction of sp³-hybridized carbons (Fsp3) is 0.364. The van der Waals surface area contributed by atoms with Crippen LogP contribution in [-0.2, 0) is 14.8 Å². The molecule has 0 aliphatic carbocycles. The summed E-state index contributed by atoms with van der Waals surface area (Å²) in [5, 5.41) is 0. The largest absolute Gasteiger partial charge is 0.447 e. The zero-order valence-electron chi connectivity index (χ0n) is 10.2. The molecule has 1 saturated heterocycles. The lowest BCUT2D eigenvalue weighted by atomic mass is 10.3. The highest BCUT2D eigenvalue weighted by atomic mass is 32.2. The van der Waals surface area contributed by atoms with Crippen LogP contribution in [0.4, 0.5) is 10.5 Å². The SMILES string of the molecule is CN(C)S(=O)(=O)c1ccc(N2CCOC2=O)cc1. The molecule has 1 aliphatic rings. The van der Waals surface area contributed by atoms with E-state index < -0.39 is 16.1 Å². The number of cyclic esters (lactones) is 1. The summed E-state index contributed by atoms with van der Waals surface area (Å²) < 4.78 is 29.7. The minimum absolute atomic E-state index is 0.198. The van der Waals surface area contributed by atoms with E-state index in [1.807, 2.05) is 0 Å². The van der Waals surface area contributed by atoms with Gasteiger partial charge in [-0.15, -0.1) is 0 Å². The maximum absolute atomic E-state index is 11.8. The molecule has 1 aliphatic heterocycles. The Balaban J connectivity index is 2.28. The van der Waals surface area contributed by atoms with Gasteiger partial charge in [-0.25, -0.2) is 17.5 Å². The monoisotopic (exact) mass is 270 g/mol. The van der Waals surface area contributed by atoms with Gasteiger partial charge in [-0.05, 0) is 24.3 Å². The Hall–Kier alpha value is -1.60. The fourth-order valence-electron chi connectivity index (χ4n) is 1.64. The molecule has 1 aromatic rings. The third-order valence-corrected chi connectivity index (χ3v) is 4.52. The summed E-state index contributed by atoms with van der Waals surface area (Å²) in [5.41, 5.74) is 0.634. The standard InChI is InChI=1S/C11H14N2O4S/c1-12(2)18(15,16)10-5-3-9(4-6-10)13-7-8-17-11(13)14/h3-6H,7-8H2,1-2H3. The third-order valence-electron chi connectivity index (χ3n) is 2.69. The van der Waals surface area contributed by atoms with Crippen molar-refractivity contribution in [3.63, 3.8) is 0 Å². The molecule has 0 atom stereocenters. The molecule has 2 rings (SSSR count). The predicted octanol–water partition coefficient (Wildman–Crippen LogP) is 0.894. The summed E-state index contributed by atoms with van der Waals surface area (Å²) in [6.45, 7) is 0.842. The smallest absolute Gasteiger partial charge is 0.414 e. The zero-order chi connectivity index (χ0) is 13.3. The molecule has 0 unspecified atom stereocenters. The molecule has 0 radical (unpaired) electrons. The van der Waals surface area contributed by atoms with Gasteiger partial charge in [0.05, 0.1) is 11.4 Å². The van der Waals surface area contributed by atoms with Gasteiger partial charge >= 0.3 is 6.09 Å². The number of sulfonamides is 1. The number of hydrogen-bond donors (Lipinski definition) is 0. The first kappa shape index (κ1) is 12.8. The molecule has 1 amide bonds. The van der Waals surface area contributed by atoms with Gasteiger partial charge in [0, 0.05) is 19.8 Å². The number of rotatable bonds is 3. The van der Waals surface area contributed by atoms with Crippen LogP contribution in [0, 0.1) is 0 Å². The first-order valence-corrected chi connectivity index (χ1v) is 6.84. The summed E-state index contributed by atoms with van der Waals surface area (Å²) in [6.07, 6.45) is -0.404. The summed E-state index contributed by atoms with van der Waals surface area (Å²) in [7, 11) is -0.485. The van der Waals surface area contributed by atoms with E-state index in [-0.39, 0.29) is 4.90 Å². The van der Waals surface area contributed by atoms with Gasteiger partial charge in [-0.3, -0.25) is 4.90 Å². The lowest BCUT2D eigenvalue weighted by Crippen LogP contribution is -2.24. The number of anilines is 1. The van der Waals surface area contributed by atoms with E-state index in [2.05, 4.69) is 0 Å². The van der Waals surface area contributed by atoms with Gasteiger partial charge in [0.25, 0.3) is 0 Å². The molecular weight excluding hydrogens is 256 g/mol. The maximum Gasteiger partial charge on any atom is 0.414 e. The molecule has 0 aromatic heterocycles. The van der Waals surface area contributed by atoms with Crippen molar-refractivity contribution in [1.29, 1.82) is 0 Å². The highest BCUT2D eigenvalue weighted by Gasteiger charge is 2.24. The van der Waals surface area contributed by atoms with Crippen LogP contribution in [0.15, 0.2) is 29.2 Å². The summed E-state index contributed by atoms with van der Waals surface area (Å²) in [5.74, 6) is 0. The number of benzene rings is 1.